The Bertz CT molecular complexity index is 2830. The maximum Gasteiger partial charge on any atom is 0.333 e. The van der Waals surface area contributed by atoms with Crippen molar-refractivity contribution in [2.45, 2.75) is 9.79 Å². The van der Waals surface area contributed by atoms with Gasteiger partial charge in [-0.15, -0.1) is 11.3 Å². The summed E-state index contributed by atoms with van der Waals surface area (Å²) in [4.78, 5) is 5.22. The van der Waals surface area contributed by atoms with Gasteiger partial charge in [0.25, 0.3) is 0 Å². The number of fused-ring (bicyclic) bond motifs is 15. The molecule has 2 nitrogen and oxygen atoms in total. The van der Waals surface area contributed by atoms with E-state index in [0.717, 1.165) is 0 Å². The highest BCUT2D eigenvalue weighted by atomic mass is 32.2. The zero-order valence-electron chi connectivity index (χ0n) is 23.9. The van der Waals surface area contributed by atoms with Gasteiger partial charge in [-0.25, -0.2) is 0 Å². The molecule has 9 aromatic rings. The van der Waals surface area contributed by atoms with Crippen LogP contribution in [0.5, 0.6) is 0 Å². The quantitative estimate of drug-likeness (QED) is 0.159. The minimum absolute atomic E-state index is 0.0517. The normalized spacial score (nSPS) is 14.0. The van der Waals surface area contributed by atoms with Crippen LogP contribution in [-0.2, 0) is 0 Å². The van der Waals surface area contributed by atoms with Crippen molar-refractivity contribution >= 4 is 111 Å². The van der Waals surface area contributed by atoms with E-state index in [1.807, 2.05) is 23.1 Å². The van der Waals surface area contributed by atoms with Crippen LogP contribution in [0.2, 0.25) is 0 Å². The molecule has 7 aromatic carbocycles. The van der Waals surface area contributed by atoms with Crippen LogP contribution in [0, 0.1) is 0 Å². The second-order valence-corrected chi connectivity index (χ2v) is 14.6. The largest absolute Gasteiger partial charge is 0.375 e. The highest BCUT2D eigenvalue weighted by molar-refractivity contribution is 7.99. The number of thiophene rings is 1. The van der Waals surface area contributed by atoms with Crippen molar-refractivity contribution in [2.24, 2.45) is 0 Å². The molecule has 2 aromatic heterocycles. The third-order valence-electron chi connectivity index (χ3n) is 10.3. The Morgan fingerprint density at radius 1 is 0.556 bits per heavy atom. The second kappa shape index (κ2) is 8.00. The molecule has 0 amide bonds. The van der Waals surface area contributed by atoms with Crippen molar-refractivity contribution < 1.29 is 0 Å². The molecule has 12 rings (SSSR count). The lowest BCUT2D eigenvalue weighted by Gasteiger charge is -2.43. The summed E-state index contributed by atoms with van der Waals surface area (Å²) in [5.41, 5.74) is 12.1. The van der Waals surface area contributed by atoms with Gasteiger partial charge in [0.05, 0.1) is 11.4 Å². The summed E-state index contributed by atoms with van der Waals surface area (Å²) < 4.78 is 5.42. The lowest BCUT2D eigenvalue weighted by Crippen LogP contribution is -2.57. The molecule has 0 aliphatic carbocycles. The van der Waals surface area contributed by atoms with Crippen LogP contribution in [0.25, 0.3) is 63.9 Å². The minimum Gasteiger partial charge on any atom is -0.375 e. The first-order valence-corrected chi connectivity index (χ1v) is 17.1. The maximum absolute atomic E-state index is 2.71. The van der Waals surface area contributed by atoms with Gasteiger partial charge < -0.3 is 9.38 Å². The number of rotatable bonds is 0. The monoisotopic (exact) mass is 604 g/mol. The summed E-state index contributed by atoms with van der Waals surface area (Å²) in [7, 11) is 0. The van der Waals surface area contributed by atoms with Gasteiger partial charge in [-0.3, -0.25) is 0 Å². The van der Waals surface area contributed by atoms with Crippen molar-refractivity contribution in [3.63, 3.8) is 0 Å². The van der Waals surface area contributed by atoms with Crippen LogP contribution < -0.4 is 15.8 Å². The molecule has 5 heteroatoms. The minimum atomic E-state index is 0.0517. The molecule has 206 valence electrons. The molecule has 0 bridgehead atoms. The fraction of sp³-hybridized carbons (Fsp3) is 0. The molecule has 0 fully saturated rings. The fourth-order valence-electron chi connectivity index (χ4n) is 8.68. The molecule has 0 atom stereocenters. The predicted octanol–water partition coefficient (Wildman–Crippen LogP) is 10.2. The van der Waals surface area contributed by atoms with E-state index >= 15 is 0 Å². The van der Waals surface area contributed by atoms with E-state index in [9.17, 15) is 0 Å². The number of aromatic nitrogens is 1. The van der Waals surface area contributed by atoms with Crippen molar-refractivity contribution in [2.75, 3.05) is 4.90 Å². The lowest BCUT2D eigenvalue weighted by molar-refractivity contribution is 1.17. The molecular formula is C40H21BN2S2. The molecule has 0 N–H and O–H groups in total. The molecule has 0 radical (unpaired) electrons. The van der Waals surface area contributed by atoms with E-state index in [1.165, 1.54) is 102 Å². The maximum atomic E-state index is 2.71. The number of anilines is 3. The van der Waals surface area contributed by atoms with Gasteiger partial charge in [0, 0.05) is 68.4 Å². The lowest BCUT2D eigenvalue weighted by atomic mass is 9.45. The number of benzene rings is 7. The van der Waals surface area contributed by atoms with Crippen LogP contribution in [0.4, 0.5) is 17.1 Å². The zero-order valence-corrected chi connectivity index (χ0v) is 25.5. The summed E-state index contributed by atoms with van der Waals surface area (Å²) in [5, 5.41) is 8.02. The molecule has 3 aliphatic rings. The summed E-state index contributed by atoms with van der Waals surface area (Å²) in [6.07, 6.45) is 0. The summed E-state index contributed by atoms with van der Waals surface area (Å²) in [6, 6.07) is 48.0. The molecule has 45 heavy (non-hydrogen) atoms. The Hall–Kier alpha value is -4.97. The van der Waals surface area contributed by atoms with Crippen molar-refractivity contribution in [3.05, 3.63) is 127 Å². The topological polar surface area (TPSA) is 8.17 Å². The Morgan fingerprint density at radius 3 is 2.31 bits per heavy atom. The highest BCUT2D eigenvalue weighted by Gasteiger charge is 2.46. The number of hydrogen-bond acceptors (Lipinski definition) is 3. The van der Waals surface area contributed by atoms with Gasteiger partial charge in [0.15, 0.2) is 0 Å². The van der Waals surface area contributed by atoms with Crippen LogP contribution in [0.15, 0.2) is 137 Å². The second-order valence-electron chi connectivity index (χ2n) is 12.4. The average Bonchev–Trinajstić information content (AvgIpc) is 3.64. The molecular weight excluding hydrogens is 583 g/mol. The third-order valence-corrected chi connectivity index (χ3v) is 12.5. The van der Waals surface area contributed by atoms with Crippen LogP contribution in [-0.4, -0.2) is 11.3 Å². The Labute approximate surface area is 267 Å². The van der Waals surface area contributed by atoms with Gasteiger partial charge in [0.1, 0.15) is 0 Å². The smallest absolute Gasteiger partial charge is 0.333 e. The van der Waals surface area contributed by atoms with Gasteiger partial charge in [0.2, 0.25) is 0 Å². The van der Waals surface area contributed by atoms with Crippen molar-refractivity contribution in [1.29, 1.82) is 0 Å². The van der Waals surface area contributed by atoms with Crippen LogP contribution in [0.3, 0.4) is 0 Å². The van der Waals surface area contributed by atoms with Gasteiger partial charge in [-0.2, -0.15) is 0 Å². The molecule has 0 spiro atoms. The summed E-state index contributed by atoms with van der Waals surface area (Å²) in [6.45, 7) is 0.0517. The van der Waals surface area contributed by atoms with Crippen molar-refractivity contribution in [1.82, 2.24) is 4.48 Å². The molecule has 0 saturated carbocycles. The van der Waals surface area contributed by atoms with E-state index in [4.69, 9.17) is 0 Å². The fourth-order valence-corrected chi connectivity index (χ4v) is 10.9. The highest BCUT2D eigenvalue weighted by Crippen LogP contribution is 2.56. The van der Waals surface area contributed by atoms with Crippen LogP contribution >= 0.6 is 23.1 Å². The summed E-state index contributed by atoms with van der Waals surface area (Å²) >= 11 is 3.83. The van der Waals surface area contributed by atoms with E-state index in [1.54, 1.807) is 0 Å². The van der Waals surface area contributed by atoms with E-state index in [0.29, 0.717) is 0 Å². The SMILES string of the molecule is c1ccc2c(c1)Sc1cccc3c1N2c1cc2sc4ccccc4c2c2c1B3n1c3c-2cccc3c2ccc3ccccc3c21. The summed E-state index contributed by atoms with van der Waals surface area (Å²) in [5.74, 6) is 0. The molecule has 5 heterocycles. The number of hydrogen-bond donors (Lipinski definition) is 0. The third kappa shape index (κ3) is 2.69. The van der Waals surface area contributed by atoms with Crippen LogP contribution in [0.1, 0.15) is 0 Å². The first-order valence-electron chi connectivity index (χ1n) is 15.5. The first kappa shape index (κ1) is 23.4. The van der Waals surface area contributed by atoms with Crippen molar-refractivity contribution in [3.8, 4) is 11.1 Å². The average molecular weight is 605 g/mol. The standard InChI is InChI=1S/C40H21BN2S2/c1-2-10-23-22(9-1)19-20-25-24-12-7-13-27-36-35-26-11-3-5-16-31(26)44-34(35)21-30-37(36)41(43(38(23)25)39(24)27)28-14-8-18-33-40(28)42(30)29-15-4-6-17-32(29)45-33/h1-21H. The van der Waals surface area contributed by atoms with E-state index in [-0.39, 0.29) is 6.85 Å². The number of para-hydroxylation sites is 3. The number of nitrogens with zero attached hydrogens (tertiary/aromatic N) is 2. The molecule has 0 saturated heterocycles. The predicted molar refractivity (Wildman–Crippen MR) is 195 cm³/mol. The molecule has 0 unspecified atom stereocenters. The van der Waals surface area contributed by atoms with E-state index < -0.39 is 0 Å². The molecule has 3 aliphatic heterocycles. The van der Waals surface area contributed by atoms with Gasteiger partial charge in [-0.05, 0) is 52.2 Å². The van der Waals surface area contributed by atoms with Gasteiger partial charge in [-0.1, -0.05) is 109 Å². The zero-order chi connectivity index (χ0) is 29.0. The Balaban J connectivity index is 1.37. The first-order chi connectivity index (χ1) is 22.3. The Kier molecular flexibility index (Phi) is 4.16. The van der Waals surface area contributed by atoms with Gasteiger partial charge >= 0.3 is 6.85 Å². The van der Waals surface area contributed by atoms with E-state index in [2.05, 4.69) is 137 Å². The Morgan fingerprint density at radius 2 is 1.33 bits per heavy atom.